The molecule has 1 fully saturated rings. The van der Waals surface area contributed by atoms with Crippen LogP contribution < -0.4 is 4.90 Å². The zero-order chi connectivity index (χ0) is 13.4. The number of aryl methyl sites for hydroxylation is 1. The maximum absolute atomic E-state index is 11.6. The lowest BCUT2D eigenvalue weighted by Gasteiger charge is -2.31. The van der Waals surface area contributed by atoms with Gasteiger partial charge in [0.25, 0.3) is 0 Å². The molecule has 1 amide bonds. The minimum atomic E-state index is 0.138. The highest BCUT2D eigenvalue weighted by Gasteiger charge is 2.26. The van der Waals surface area contributed by atoms with Gasteiger partial charge in [-0.3, -0.25) is 4.79 Å². The lowest BCUT2D eigenvalue weighted by atomic mass is 10.1. The minimum absolute atomic E-state index is 0.138. The first-order valence-electron chi connectivity index (χ1n) is 7.02. The van der Waals surface area contributed by atoms with E-state index >= 15 is 0 Å². The van der Waals surface area contributed by atoms with E-state index in [1.165, 1.54) is 12.8 Å². The third-order valence-corrected chi connectivity index (χ3v) is 4.00. The monoisotopic (exact) mass is 260 g/mol. The van der Waals surface area contributed by atoms with E-state index in [0.29, 0.717) is 6.54 Å². The summed E-state index contributed by atoms with van der Waals surface area (Å²) in [6.07, 6.45) is 3.31. The first-order valence-corrected chi connectivity index (χ1v) is 7.02. The molecule has 5 heteroatoms. The summed E-state index contributed by atoms with van der Waals surface area (Å²) in [7, 11) is 0. The van der Waals surface area contributed by atoms with E-state index in [-0.39, 0.29) is 5.91 Å². The largest absolute Gasteiger partial charge is 0.356 e. The predicted octanol–water partition coefficient (Wildman–Crippen LogP) is 1.29. The van der Waals surface area contributed by atoms with Crippen molar-refractivity contribution in [2.75, 3.05) is 24.5 Å². The third-order valence-electron chi connectivity index (χ3n) is 4.00. The Morgan fingerprint density at radius 2 is 1.89 bits per heavy atom. The average Bonchev–Trinajstić information content (AvgIpc) is 2.90. The molecule has 102 valence electrons. The molecule has 3 heterocycles. The van der Waals surface area contributed by atoms with Crippen LogP contribution in [0.25, 0.3) is 0 Å². The van der Waals surface area contributed by atoms with Crippen LogP contribution in [0.1, 0.15) is 36.8 Å². The Balaban J connectivity index is 1.99. The molecule has 0 radical (unpaired) electrons. The van der Waals surface area contributed by atoms with Crippen LogP contribution in [-0.4, -0.2) is 40.4 Å². The van der Waals surface area contributed by atoms with Crippen molar-refractivity contribution in [1.29, 1.82) is 0 Å². The SMILES string of the molecule is CC(=O)N1CCc2nc(C)nc(N3CCCC3)c2C1. The van der Waals surface area contributed by atoms with E-state index < -0.39 is 0 Å². The van der Waals surface area contributed by atoms with Gasteiger partial charge >= 0.3 is 0 Å². The van der Waals surface area contributed by atoms with E-state index in [0.717, 1.165) is 49.0 Å². The average molecular weight is 260 g/mol. The molecule has 19 heavy (non-hydrogen) atoms. The fourth-order valence-electron chi connectivity index (χ4n) is 2.98. The molecule has 0 saturated carbocycles. The van der Waals surface area contributed by atoms with Crippen molar-refractivity contribution in [2.24, 2.45) is 0 Å². The molecule has 2 aliphatic heterocycles. The summed E-state index contributed by atoms with van der Waals surface area (Å²) in [6.45, 7) is 7.17. The highest BCUT2D eigenvalue weighted by Crippen LogP contribution is 2.28. The van der Waals surface area contributed by atoms with Crippen molar-refractivity contribution in [3.8, 4) is 0 Å². The van der Waals surface area contributed by atoms with Crippen molar-refractivity contribution in [1.82, 2.24) is 14.9 Å². The molecule has 0 aliphatic carbocycles. The molecule has 0 aromatic carbocycles. The van der Waals surface area contributed by atoms with E-state index in [4.69, 9.17) is 0 Å². The minimum Gasteiger partial charge on any atom is -0.356 e. The van der Waals surface area contributed by atoms with Crippen molar-refractivity contribution in [3.05, 3.63) is 17.1 Å². The molecule has 0 spiro atoms. The molecule has 2 aliphatic rings. The molecule has 0 atom stereocenters. The Bertz CT molecular complexity index is 508. The lowest BCUT2D eigenvalue weighted by molar-refractivity contribution is -0.129. The van der Waals surface area contributed by atoms with Crippen LogP contribution in [0, 0.1) is 6.92 Å². The predicted molar refractivity (Wildman–Crippen MR) is 73.0 cm³/mol. The summed E-state index contributed by atoms with van der Waals surface area (Å²) in [5.74, 6) is 2.04. The van der Waals surface area contributed by atoms with Gasteiger partial charge in [-0.05, 0) is 19.8 Å². The number of hydrogen-bond acceptors (Lipinski definition) is 4. The Kier molecular flexibility index (Phi) is 3.12. The zero-order valence-corrected chi connectivity index (χ0v) is 11.6. The second-order valence-corrected chi connectivity index (χ2v) is 5.40. The van der Waals surface area contributed by atoms with E-state index in [9.17, 15) is 4.79 Å². The highest BCUT2D eigenvalue weighted by atomic mass is 16.2. The van der Waals surface area contributed by atoms with Gasteiger partial charge in [0.2, 0.25) is 5.91 Å². The molecule has 0 bridgehead atoms. The second kappa shape index (κ2) is 4.79. The number of amides is 1. The Morgan fingerprint density at radius 3 is 2.58 bits per heavy atom. The first-order chi connectivity index (χ1) is 9.15. The zero-order valence-electron chi connectivity index (χ0n) is 11.6. The van der Waals surface area contributed by atoms with E-state index in [1.54, 1.807) is 6.92 Å². The molecule has 0 unspecified atom stereocenters. The molecular formula is C14H20N4O. The topological polar surface area (TPSA) is 49.3 Å². The maximum Gasteiger partial charge on any atom is 0.219 e. The Hall–Kier alpha value is -1.65. The number of hydrogen-bond donors (Lipinski definition) is 0. The number of rotatable bonds is 1. The van der Waals surface area contributed by atoms with Crippen molar-refractivity contribution in [2.45, 2.75) is 39.7 Å². The quantitative estimate of drug-likeness (QED) is 0.763. The van der Waals surface area contributed by atoms with Gasteiger partial charge in [0.05, 0.1) is 12.2 Å². The van der Waals surface area contributed by atoms with Crippen LogP contribution in [0.3, 0.4) is 0 Å². The lowest BCUT2D eigenvalue weighted by Crippen LogP contribution is -2.36. The van der Waals surface area contributed by atoms with Crippen molar-refractivity contribution < 1.29 is 4.79 Å². The summed E-state index contributed by atoms with van der Waals surface area (Å²) in [5.41, 5.74) is 2.29. The van der Waals surface area contributed by atoms with Gasteiger partial charge < -0.3 is 9.80 Å². The van der Waals surface area contributed by atoms with Crippen molar-refractivity contribution in [3.63, 3.8) is 0 Å². The van der Waals surface area contributed by atoms with E-state index in [1.807, 2.05) is 11.8 Å². The normalized spacial score (nSPS) is 18.6. The van der Waals surface area contributed by atoms with Crippen LogP contribution in [0.2, 0.25) is 0 Å². The van der Waals surface area contributed by atoms with Gasteiger partial charge in [-0.2, -0.15) is 0 Å². The fourth-order valence-corrected chi connectivity index (χ4v) is 2.98. The smallest absolute Gasteiger partial charge is 0.219 e. The van der Waals surface area contributed by atoms with Gasteiger partial charge in [0.1, 0.15) is 11.6 Å². The summed E-state index contributed by atoms with van der Waals surface area (Å²) in [5, 5.41) is 0. The van der Waals surface area contributed by atoms with Crippen LogP contribution in [0.15, 0.2) is 0 Å². The maximum atomic E-state index is 11.6. The molecule has 1 saturated heterocycles. The number of nitrogens with zero attached hydrogens (tertiary/aromatic N) is 4. The molecule has 3 rings (SSSR count). The third kappa shape index (κ3) is 2.29. The number of fused-ring (bicyclic) bond motifs is 1. The number of carbonyl (C=O) groups is 1. The van der Waals surface area contributed by atoms with Crippen LogP contribution >= 0.6 is 0 Å². The highest BCUT2D eigenvalue weighted by molar-refractivity contribution is 5.74. The van der Waals surface area contributed by atoms with Gasteiger partial charge in [-0.25, -0.2) is 9.97 Å². The second-order valence-electron chi connectivity index (χ2n) is 5.40. The van der Waals surface area contributed by atoms with Gasteiger partial charge in [-0.1, -0.05) is 0 Å². The standard InChI is InChI=1S/C14H20N4O/c1-10-15-13-5-8-18(11(2)19)9-12(13)14(16-10)17-6-3-4-7-17/h3-9H2,1-2H3. The molecule has 1 aromatic heterocycles. The van der Waals surface area contributed by atoms with Crippen LogP contribution in [0.5, 0.6) is 0 Å². The first kappa shape index (κ1) is 12.4. The summed E-state index contributed by atoms with van der Waals surface area (Å²) in [6, 6.07) is 0. The summed E-state index contributed by atoms with van der Waals surface area (Å²) >= 11 is 0. The molecule has 5 nitrogen and oxygen atoms in total. The fraction of sp³-hybridized carbons (Fsp3) is 0.643. The van der Waals surface area contributed by atoms with Gasteiger partial charge in [0.15, 0.2) is 0 Å². The van der Waals surface area contributed by atoms with E-state index in [2.05, 4.69) is 14.9 Å². The molecule has 0 N–H and O–H groups in total. The number of anilines is 1. The number of aromatic nitrogens is 2. The summed E-state index contributed by atoms with van der Waals surface area (Å²) < 4.78 is 0. The van der Waals surface area contributed by atoms with Gasteiger partial charge in [-0.15, -0.1) is 0 Å². The van der Waals surface area contributed by atoms with Crippen LogP contribution in [-0.2, 0) is 17.8 Å². The molecular weight excluding hydrogens is 240 g/mol. The van der Waals surface area contributed by atoms with Crippen molar-refractivity contribution >= 4 is 11.7 Å². The Morgan fingerprint density at radius 1 is 1.16 bits per heavy atom. The number of carbonyl (C=O) groups excluding carboxylic acids is 1. The molecule has 1 aromatic rings. The Labute approximate surface area is 113 Å². The van der Waals surface area contributed by atoms with Gasteiger partial charge in [0, 0.05) is 38.5 Å². The summed E-state index contributed by atoms with van der Waals surface area (Å²) in [4.78, 5) is 25.0. The van der Waals surface area contributed by atoms with Crippen LogP contribution in [0.4, 0.5) is 5.82 Å².